The van der Waals surface area contributed by atoms with Crippen LogP contribution in [0.15, 0.2) is 0 Å². The summed E-state index contributed by atoms with van der Waals surface area (Å²) in [4.78, 5) is 10.8. The number of aliphatic carboxylic acids is 1. The highest BCUT2D eigenvalue weighted by Crippen LogP contribution is 2.29. The van der Waals surface area contributed by atoms with Crippen LogP contribution in [0.25, 0.3) is 0 Å². The Morgan fingerprint density at radius 1 is 0.958 bits per heavy atom. The van der Waals surface area contributed by atoms with Gasteiger partial charge in [0.25, 0.3) is 0 Å². The van der Waals surface area contributed by atoms with Gasteiger partial charge in [-0.25, -0.2) is 0 Å². The van der Waals surface area contributed by atoms with Gasteiger partial charge in [0.2, 0.25) is 0 Å². The zero-order chi connectivity index (χ0) is 18.4. The van der Waals surface area contributed by atoms with Crippen molar-refractivity contribution in [1.82, 2.24) is 0 Å². The van der Waals surface area contributed by atoms with Gasteiger partial charge in [-0.15, -0.1) is 11.8 Å². The van der Waals surface area contributed by atoms with Crippen LogP contribution >= 0.6 is 11.8 Å². The summed E-state index contributed by atoms with van der Waals surface area (Å²) < 4.78 is 0. The molecule has 0 rings (SSSR count). The molecule has 3 unspecified atom stereocenters. The molecule has 0 radical (unpaired) electrons. The summed E-state index contributed by atoms with van der Waals surface area (Å²) in [6.45, 7) is 3.52. The number of hydrogen-bond donors (Lipinski definition) is 4. The fraction of sp³-hybridized carbons (Fsp3) is 0.944. The first-order valence-electron chi connectivity index (χ1n) is 9.26. The predicted molar refractivity (Wildman–Crippen MR) is 99.2 cm³/mol. The largest absolute Gasteiger partial charge is 0.481 e. The Kier molecular flexibility index (Phi) is 13.8. The van der Waals surface area contributed by atoms with Crippen molar-refractivity contribution in [2.24, 2.45) is 0 Å². The lowest BCUT2D eigenvalue weighted by atomic mass is 9.94. The summed E-state index contributed by atoms with van der Waals surface area (Å²) in [5.41, 5.74) is -3.30. The normalized spacial score (nSPS) is 16.5. The van der Waals surface area contributed by atoms with Gasteiger partial charge in [0.1, 0.15) is 11.0 Å². The van der Waals surface area contributed by atoms with Gasteiger partial charge in [-0.1, -0.05) is 64.7 Å². The van der Waals surface area contributed by atoms with Gasteiger partial charge < -0.3 is 20.4 Å². The molecule has 0 spiro atoms. The van der Waals surface area contributed by atoms with Gasteiger partial charge in [0.15, 0.2) is 0 Å². The summed E-state index contributed by atoms with van der Waals surface area (Å²) in [5, 5.41) is 38.6. The average Bonchev–Trinajstić information content (AvgIpc) is 2.51. The number of carboxylic acids is 1. The molecule has 0 bridgehead atoms. The molecular formula is C18H36O5S. The molecule has 6 heteroatoms. The molecule has 24 heavy (non-hydrogen) atoms. The van der Waals surface area contributed by atoms with Crippen molar-refractivity contribution in [3.8, 4) is 0 Å². The molecule has 0 aromatic rings. The van der Waals surface area contributed by atoms with E-state index in [1.54, 1.807) is 0 Å². The highest BCUT2D eigenvalue weighted by molar-refractivity contribution is 7.99. The Labute approximate surface area is 150 Å². The zero-order valence-corrected chi connectivity index (χ0v) is 16.1. The Hall–Kier alpha value is -0.300. The van der Waals surface area contributed by atoms with E-state index >= 15 is 0 Å². The molecule has 0 aromatic carbocycles. The van der Waals surface area contributed by atoms with Crippen LogP contribution < -0.4 is 0 Å². The quantitative estimate of drug-likeness (QED) is 0.247. The molecule has 0 amide bonds. The van der Waals surface area contributed by atoms with E-state index in [2.05, 4.69) is 6.92 Å². The lowest BCUT2D eigenvalue weighted by molar-refractivity contribution is -0.156. The minimum atomic E-state index is -2.00. The van der Waals surface area contributed by atoms with Gasteiger partial charge in [-0.3, -0.25) is 4.79 Å². The molecular weight excluding hydrogens is 328 g/mol. The summed E-state index contributed by atoms with van der Waals surface area (Å²) >= 11 is 1.11. The number of thioether (sulfide) groups is 1. The second-order valence-corrected chi connectivity index (χ2v) is 7.83. The molecule has 0 aliphatic carbocycles. The van der Waals surface area contributed by atoms with E-state index in [-0.39, 0.29) is 0 Å². The zero-order valence-electron chi connectivity index (χ0n) is 15.2. The van der Waals surface area contributed by atoms with Crippen LogP contribution in [0.5, 0.6) is 0 Å². The topological polar surface area (TPSA) is 98.0 Å². The highest BCUT2D eigenvalue weighted by Gasteiger charge is 2.42. The first-order valence-corrected chi connectivity index (χ1v) is 10.3. The van der Waals surface area contributed by atoms with Crippen LogP contribution in [0, 0.1) is 0 Å². The molecule has 144 valence electrons. The molecule has 0 saturated carbocycles. The molecule has 0 aliphatic rings. The van der Waals surface area contributed by atoms with Crippen LogP contribution in [0.4, 0.5) is 0 Å². The standard InChI is InChI=1S/C18H36O5S/c1-3-4-5-6-7-8-9-10-11-12-13-24-17(22)18(23,15(2)19)14-16(20)21/h15,17,19,22-23H,3-14H2,1-2H3,(H,20,21). The van der Waals surface area contributed by atoms with E-state index in [9.17, 15) is 20.1 Å². The molecule has 0 fully saturated rings. The van der Waals surface area contributed by atoms with Crippen molar-refractivity contribution in [2.75, 3.05) is 5.75 Å². The molecule has 3 atom stereocenters. The summed E-state index contributed by atoms with van der Waals surface area (Å²) in [6, 6.07) is 0. The van der Waals surface area contributed by atoms with E-state index < -0.39 is 29.5 Å². The van der Waals surface area contributed by atoms with Gasteiger partial charge in [-0.2, -0.15) is 0 Å². The summed E-state index contributed by atoms with van der Waals surface area (Å²) in [5.74, 6) is -0.594. The SMILES string of the molecule is CCCCCCCCCCCCSC(O)C(O)(CC(=O)O)C(C)O. The third-order valence-electron chi connectivity index (χ3n) is 4.36. The van der Waals surface area contributed by atoms with Crippen LogP contribution in [0.3, 0.4) is 0 Å². The Bertz CT molecular complexity index is 325. The van der Waals surface area contributed by atoms with Gasteiger partial charge in [0.05, 0.1) is 12.5 Å². The van der Waals surface area contributed by atoms with Crippen molar-refractivity contribution in [3.63, 3.8) is 0 Å². The maximum Gasteiger partial charge on any atom is 0.306 e. The van der Waals surface area contributed by atoms with Crippen molar-refractivity contribution in [3.05, 3.63) is 0 Å². The fourth-order valence-corrected chi connectivity index (χ4v) is 3.78. The van der Waals surface area contributed by atoms with Gasteiger partial charge in [0, 0.05) is 0 Å². The first-order chi connectivity index (χ1) is 11.3. The maximum absolute atomic E-state index is 10.8. The van der Waals surface area contributed by atoms with E-state index in [4.69, 9.17) is 5.11 Å². The van der Waals surface area contributed by atoms with E-state index in [0.717, 1.165) is 24.6 Å². The first kappa shape index (κ1) is 23.7. The number of carbonyl (C=O) groups is 1. The van der Waals surface area contributed by atoms with Crippen molar-refractivity contribution < 1.29 is 25.2 Å². The Morgan fingerprint density at radius 3 is 1.83 bits per heavy atom. The second-order valence-electron chi connectivity index (χ2n) is 6.64. The van der Waals surface area contributed by atoms with Crippen LogP contribution in [-0.2, 0) is 4.79 Å². The lowest BCUT2D eigenvalue weighted by Gasteiger charge is -2.33. The number of unbranched alkanes of at least 4 members (excludes halogenated alkanes) is 9. The smallest absolute Gasteiger partial charge is 0.306 e. The van der Waals surface area contributed by atoms with Gasteiger partial charge >= 0.3 is 5.97 Å². The second kappa shape index (κ2) is 13.9. The van der Waals surface area contributed by atoms with Crippen LogP contribution in [0.1, 0.15) is 84.5 Å². The third kappa shape index (κ3) is 10.5. The third-order valence-corrected chi connectivity index (χ3v) is 5.61. The molecule has 0 aliphatic heterocycles. The molecule has 0 aromatic heterocycles. The molecule has 0 saturated heterocycles. The number of carboxylic acid groups (broad SMARTS) is 1. The van der Waals surface area contributed by atoms with Crippen molar-refractivity contribution in [2.45, 2.75) is 102 Å². The monoisotopic (exact) mass is 364 g/mol. The summed E-state index contributed by atoms with van der Waals surface area (Å²) in [7, 11) is 0. The van der Waals surface area contributed by atoms with Crippen LogP contribution in [-0.4, -0.2) is 49.3 Å². The number of aliphatic hydroxyl groups is 3. The van der Waals surface area contributed by atoms with Crippen molar-refractivity contribution >= 4 is 17.7 Å². The van der Waals surface area contributed by atoms with E-state index in [1.807, 2.05) is 0 Å². The Balaban J connectivity index is 3.73. The molecule has 5 nitrogen and oxygen atoms in total. The minimum absolute atomic E-state index is 0.645. The van der Waals surface area contributed by atoms with E-state index in [1.165, 1.54) is 58.3 Å². The van der Waals surface area contributed by atoms with E-state index in [0.29, 0.717) is 5.75 Å². The van der Waals surface area contributed by atoms with Crippen LogP contribution in [0.2, 0.25) is 0 Å². The fourth-order valence-electron chi connectivity index (χ4n) is 2.61. The van der Waals surface area contributed by atoms with Gasteiger partial charge in [-0.05, 0) is 19.1 Å². The average molecular weight is 365 g/mol. The minimum Gasteiger partial charge on any atom is -0.481 e. The maximum atomic E-state index is 10.8. The van der Waals surface area contributed by atoms with Crippen molar-refractivity contribution in [1.29, 1.82) is 0 Å². The highest BCUT2D eigenvalue weighted by atomic mass is 32.2. The molecule has 4 N–H and O–H groups in total. The number of hydrogen-bond acceptors (Lipinski definition) is 5. The summed E-state index contributed by atoms with van der Waals surface area (Å²) in [6.07, 6.45) is 10.3. The Morgan fingerprint density at radius 2 is 1.42 bits per heavy atom. The molecule has 0 heterocycles. The predicted octanol–water partition coefficient (Wildman–Crippen LogP) is 3.55. The number of rotatable bonds is 16. The number of aliphatic hydroxyl groups excluding tert-OH is 2. The lowest BCUT2D eigenvalue weighted by Crippen LogP contribution is -2.51.